The molecule has 1 aromatic rings. The minimum Gasteiger partial charge on any atom is -0.313 e. The molecule has 1 fully saturated rings. The number of hydrogen-bond donors (Lipinski definition) is 3. The van der Waals surface area contributed by atoms with Gasteiger partial charge >= 0.3 is 0 Å². The second kappa shape index (κ2) is 5.12. The smallest absolute Gasteiger partial charge is 0.226 e. The van der Waals surface area contributed by atoms with E-state index in [9.17, 15) is 4.79 Å². The molecule has 0 unspecified atom stereocenters. The molecule has 5 nitrogen and oxygen atoms in total. The first-order valence-corrected chi connectivity index (χ1v) is 5.85. The van der Waals surface area contributed by atoms with Crippen LogP contribution in [0.3, 0.4) is 0 Å². The van der Waals surface area contributed by atoms with E-state index in [0.29, 0.717) is 18.3 Å². The summed E-state index contributed by atoms with van der Waals surface area (Å²) < 4.78 is 0. The van der Waals surface area contributed by atoms with Crippen LogP contribution < -0.4 is 10.6 Å². The van der Waals surface area contributed by atoms with Gasteiger partial charge in [0, 0.05) is 30.8 Å². The number of nitrogens with one attached hydrogen (secondary N) is 3. The molecule has 1 aromatic heterocycles. The van der Waals surface area contributed by atoms with E-state index in [1.807, 2.05) is 13.0 Å². The fraction of sp³-hybridized carbons (Fsp3) is 0.636. The maximum absolute atomic E-state index is 11.5. The summed E-state index contributed by atoms with van der Waals surface area (Å²) in [6.07, 6.45) is 3.90. The van der Waals surface area contributed by atoms with Gasteiger partial charge in [0.25, 0.3) is 0 Å². The lowest BCUT2D eigenvalue weighted by molar-refractivity contribution is -0.116. The second-order valence-electron chi connectivity index (χ2n) is 4.16. The van der Waals surface area contributed by atoms with Gasteiger partial charge < -0.3 is 10.6 Å². The molecule has 5 heteroatoms. The van der Waals surface area contributed by atoms with E-state index in [1.54, 1.807) is 0 Å². The number of H-pyrrole nitrogens is 1. The highest BCUT2D eigenvalue weighted by Gasteiger charge is 2.20. The van der Waals surface area contributed by atoms with E-state index >= 15 is 0 Å². The maximum Gasteiger partial charge on any atom is 0.226 e. The Morgan fingerprint density at radius 2 is 2.44 bits per heavy atom. The molecule has 1 saturated carbocycles. The van der Waals surface area contributed by atoms with Crippen molar-refractivity contribution in [3.63, 3.8) is 0 Å². The molecule has 1 aliphatic rings. The largest absolute Gasteiger partial charge is 0.313 e. The SMILES string of the molecule is CCc1cc(NC(=O)CCNC2CC2)n[nH]1. The molecule has 3 N–H and O–H groups in total. The summed E-state index contributed by atoms with van der Waals surface area (Å²) in [5.41, 5.74) is 1.03. The summed E-state index contributed by atoms with van der Waals surface area (Å²) in [4.78, 5) is 11.5. The number of carbonyl (C=O) groups is 1. The van der Waals surface area contributed by atoms with Crippen molar-refractivity contribution in [2.24, 2.45) is 0 Å². The summed E-state index contributed by atoms with van der Waals surface area (Å²) in [5.74, 6) is 0.635. The number of aryl methyl sites for hydroxylation is 1. The normalized spacial score (nSPS) is 15.1. The molecule has 2 rings (SSSR count). The fourth-order valence-electron chi connectivity index (χ4n) is 1.49. The minimum absolute atomic E-state index is 0.0160. The number of anilines is 1. The molecular formula is C11H18N4O. The molecule has 0 atom stereocenters. The van der Waals surface area contributed by atoms with Crippen LogP contribution in [-0.2, 0) is 11.2 Å². The highest BCUT2D eigenvalue weighted by Crippen LogP contribution is 2.18. The zero-order valence-corrected chi connectivity index (χ0v) is 9.55. The Hall–Kier alpha value is -1.36. The standard InChI is InChI=1S/C11H18N4O/c1-2-8-7-10(15-14-8)13-11(16)5-6-12-9-3-4-9/h7,9,12H,2-6H2,1H3,(H2,13,14,15,16). The zero-order valence-electron chi connectivity index (χ0n) is 9.55. The lowest BCUT2D eigenvalue weighted by atomic mass is 10.3. The Morgan fingerprint density at radius 3 is 3.06 bits per heavy atom. The van der Waals surface area contributed by atoms with Crippen LogP contribution in [0.1, 0.15) is 31.9 Å². The molecule has 1 amide bonds. The van der Waals surface area contributed by atoms with E-state index in [4.69, 9.17) is 0 Å². The van der Waals surface area contributed by atoms with Gasteiger partial charge in [-0.05, 0) is 19.3 Å². The van der Waals surface area contributed by atoms with Crippen LogP contribution in [0.15, 0.2) is 6.07 Å². The second-order valence-corrected chi connectivity index (χ2v) is 4.16. The van der Waals surface area contributed by atoms with Gasteiger partial charge in [-0.3, -0.25) is 9.89 Å². The minimum atomic E-state index is 0.0160. The molecule has 0 saturated heterocycles. The average Bonchev–Trinajstić information content (AvgIpc) is 2.97. The topological polar surface area (TPSA) is 69.8 Å². The number of hydrogen-bond acceptors (Lipinski definition) is 3. The number of nitrogens with zero attached hydrogens (tertiary/aromatic N) is 1. The maximum atomic E-state index is 11.5. The molecule has 0 bridgehead atoms. The van der Waals surface area contributed by atoms with Gasteiger partial charge in [-0.15, -0.1) is 0 Å². The van der Waals surface area contributed by atoms with Crippen molar-refractivity contribution in [1.82, 2.24) is 15.5 Å². The number of rotatable bonds is 6. The monoisotopic (exact) mass is 222 g/mol. The van der Waals surface area contributed by atoms with Gasteiger partial charge in [0.05, 0.1) is 0 Å². The van der Waals surface area contributed by atoms with Gasteiger partial charge in [-0.1, -0.05) is 6.92 Å². The highest BCUT2D eigenvalue weighted by atomic mass is 16.1. The molecule has 0 spiro atoms. The molecule has 1 aliphatic carbocycles. The van der Waals surface area contributed by atoms with Crippen molar-refractivity contribution >= 4 is 11.7 Å². The summed E-state index contributed by atoms with van der Waals surface area (Å²) in [6.45, 7) is 2.79. The third-order valence-electron chi connectivity index (χ3n) is 2.64. The third-order valence-corrected chi connectivity index (χ3v) is 2.64. The van der Waals surface area contributed by atoms with Crippen molar-refractivity contribution in [3.8, 4) is 0 Å². The van der Waals surface area contributed by atoms with Crippen LogP contribution in [0.5, 0.6) is 0 Å². The van der Waals surface area contributed by atoms with Gasteiger partial charge in [-0.25, -0.2) is 0 Å². The predicted molar refractivity (Wildman–Crippen MR) is 62.2 cm³/mol. The number of carbonyl (C=O) groups excluding carboxylic acids is 1. The first kappa shape index (κ1) is 11.1. The number of aromatic amines is 1. The van der Waals surface area contributed by atoms with E-state index in [2.05, 4.69) is 20.8 Å². The molecular weight excluding hydrogens is 204 g/mol. The van der Waals surface area contributed by atoms with Crippen molar-refractivity contribution in [3.05, 3.63) is 11.8 Å². The van der Waals surface area contributed by atoms with Gasteiger partial charge in [-0.2, -0.15) is 5.10 Å². The van der Waals surface area contributed by atoms with Crippen molar-refractivity contribution in [2.75, 3.05) is 11.9 Å². The highest BCUT2D eigenvalue weighted by molar-refractivity contribution is 5.89. The molecule has 1 heterocycles. The lowest BCUT2D eigenvalue weighted by Crippen LogP contribution is -2.23. The lowest BCUT2D eigenvalue weighted by Gasteiger charge is -2.02. The molecule has 0 radical (unpaired) electrons. The van der Waals surface area contributed by atoms with E-state index in [1.165, 1.54) is 12.8 Å². The summed E-state index contributed by atoms with van der Waals surface area (Å²) in [5, 5.41) is 12.9. The van der Waals surface area contributed by atoms with Crippen LogP contribution in [0.2, 0.25) is 0 Å². The Balaban J connectivity index is 1.68. The van der Waals surface area contributed by atoms with E-state index in [-0.39, 0.29) is 5.91 Å². The molecule has 16 heavy (non-hydrogen) atoms. The van der Waals surface area contributed by atoms with Crippen LogP contribution >= 0.6 is 0 Å². The van der Waals surface area contributed by atoms with Crippen molar-refractivity contribution in [1.29, 1.82) is 0 Å². The Kier molecular flexibility index (Phi) is 3.56. The van der Waals surface area contributed by atoms with Crippen LogP contribution in [0, 0.1) is 0 Å². The summed E-state index contributed by atoms with van der Waals surface area (Å²) in [7, 11) is 0. The van der Waals surface area contributed by atoms with Crippen LogP contribution in [0.4, 0.5) is 5.82 Å². The first-order valence-electron chi connectivity index (χ1n) is 5.85. The van der Waals surface area contributed by atoms with Crippen molar-refractivity contribution < 1.29 is 4.79 Å². The number of aromatic nitrogens is 2. The predicted octanol–water partition coefficient (Wildman–Crippen LogP) is 1.05. The Bertz CT molecular complexity index is 357. The van der Waals surface area contributed by atoms with Crippen molar-refractivity contribution in [2.45, 2.75) is 38.6 Å². The first-order chi connectivity index (χ1) is 7.78. The molecule has 88 valence electrons. The van der Waals surface area contributed by atoms with E-state index < -0.39 is 0 Å². The third kappa shape index (κ3) is 3.34. The van der Waals surface area contributed by atoms with Crippen LogP contribution in [0.25, 0.3) is 0 Å². The van der Waals surface area contributed by atoms with E-state index in [0.717, 1.165) is 18.7 Å². The molecule has 0 aliphatic heterocycles. The summed E-state index contributed by atoms with van der Waals surface area (Å²) in [6, 6.07) is 2.52. The zero-order chi connectivity index (χ0) is 11.4. The fourth-order valence-corrected chi connectivity index (χ4v) is 1.49. The van der Waals surface area contributed by atoms with Gasteiger partial charge in [0.15, 0.2) is 5.82 Å². The Morgan fingerprint density at radius 1 is 1.62 bits per heavy atom. The Labute approximate surface area is 95.0 Å². The quantitative estimate of drug-likeness (QED) is 0.674. The van der Waals surface area contributed by atoms with Gasteiger partial charge in [0.1, 0.15) is 0 Å². The van der Waals surface area contributed by atoms with Gasteiger partial charge in [0.2, 0.25) is 5.91 Å². The summed E-state index contributed by atoms with van der Waals surface area (Å²) >= 11 is 0. The number of amides is 1. The molecule has 0 aromatic carbocycles. The van der Waals surface area contributed by atoms with Crippen LogP contribution in [-0.4, -0.2) is 28.7 Å². The average molecular weight is 222 g/mol.